The van der Waals surface area contributed by atoms with Gasteiger partial charge in [0.1, 0.15) is 5.75 Å². The second kappa shape index (κ2) is 5.40. The number of aromatic nitrogens is 2. The quantitative estimate of drug-likeness (QED) is 0.907. The Bertz CT molecular complexity index is 553. The largest absolute Gasteiger partial charge is 0.493 e. The van der Waals surface area contributed by atoms with E-state index in [0.29, 0.717) is 19.0 Å². The van der Waals surface area contributed by atoms with Crippen molar-refractivity contribution in [3.8, 4) is 5.75 Å². The third kappa shape index (κ3) is 2.46. The molecule has 0 radical (unpaired) electrons. The summed E-state index contributed by atoms with van der Waals surface area (Å²) in [7, 11) is 0. The van der Waals surface area contributed by atoms with Gasteiger partial charge in [0.15, 0.2) is 5.82 Å². The molecule has 1 aliphatic heterocycles. The number of ether oxygens (including phenoxy) is 1. The Morgan fingerprint density at radius 1 is 1.32 bits per heavy atom. The van der Waals surface area contributed by atoms with E-state index in [2.05, 4.69) is 16.2 Å². The molecule has 1 atom stereocenters. The number of aryl methyl sites for hydroxylation is 1. The van der Waals surface area contributed by atoms with Gasteiger partial charge in [0.05, 0.1) is 12.5 Å². The van der Waals surface area contributed by atoms with Gasteiger partial charge < -0.3 is 15.0 Å². The van der Waals surface area contributed by atoms with Gasteiger partial charge in [-0.2, -0.15) is 4.98 Å². The van der Waals surface area contributed by atoms with Crippen LogP contribution in [0.2, 0.25) is 0 Å². The summed E-state index contributed by atoms with van der Waals surface area (Å²) in [6.07, 6.45) is 2.49. The first-order valence-electron chi connectivity index (χ1n) is 6.63. The van der Waals surface area contributed by atoms with Crippen LogP contribution in [0, 0.1) is 0 Å². The summed E-state index contributed by atoms with van der Waals surface area (Å²) in [6.45, 7) is 1.33. The number of benzene rings is 1. The zero-order valence-electron chi connectivity index (χ0n) is 10.7. The molecule has 0 saturated carbocycles. The van der Waals surface area contributed by atoms with Gasteiger partial charge in [-0.3, -0.25) is 0 Å². The van der Waals surface area contributed by atoms with Crippen molar-refractivity contribution < 1.29 is 9.26 Å². The predicted molar refractivity (Wildman–Crippen MR) is 70.1 cm³/mol. The van der Waals surface area contributed by atoms with Crippen LogP contribution in [0.1, 0.15) is 36.0 Å². The Balaban J connectivity index is 1.85. The van der Waals surface area contributed by atoms with Crippen LogP contribution in [0.5, 0.6) is 5.75 Å². The number of rotatable bonds is 4. The summed E-state index contributed by atoms with van der Waals surface area (Å²) in [6, 6.07) is 8.03. The highest BCUT2D eigenvalue weighted by atomic mass is 16.5. The minimum atomic E-state index is 0.167. The highest BCUT2D eigenvalue weighted by molar-refractivity contribution is 5.40. The highest BCUT2D eigenvalue weighted by Crippen LogP contribution is 2.36. The Labute approximate surface area is 111 Å². The van der Waals surface area contributed by atoms with Gasteiger partial charge >= 0.3 is 0 Å². The molecule has 100 valence electrons. The Morgan fingerprint density at radius 3 is 3.11 bits per heavy atom. The molecule has 1 aromatic heterocycles. The lowest BCUT2D eigenvalue weighted by atomic mass is 9.92. The van der Waals surface area contributed by atoms with Crippen LogP contribution in [0.15, 0.2) is 28.8 Å². The Hall–Kier alpha value is -1.88. The fraction of sp³-hybridized carbons (Fsp3) is 0.429. The van der Waals surface area contributed by atoms with Crippen LogP contribution >= 0.6 is 0 Å². The molecule has 1 aliphatic rings. The third-order valence-electron chi connectivity index (χ3n) is 3.35. The van der Waals surface area contributed by atoms with Crippen molar-refractivity contribution in [3.05, 3.63) is 41.5 Å². The molecular formula is C14H17N3O2. The van der Waals surface area contributed by atoms with Crippen LogP contribution in [0.4, 0.5) is 0 Å². The lowest BCUT2D eigenvalue weighted by molar-refractivity contribution is 0.272. The minimum absolute atomic E-state index is 0.167. The van der Waals surface area contributed by atoms with Crippen molar-refractivity contribution >= 4 is 0 Å². The van der Waals surface area contributed by atoms with Crippen molar-refractivity contribution in [1.29, 1.82) is 0 Å². The summed E-state index contributed by atoms with van der Waals surface area (Å²) in [5, 5.41) is 4.11. The predicted octanol–water partition coefficient (Wildman–Crippen LogP) is 1.88. The first-order valence-corrected chi connectivity index (χ1v) is 6.63. The second-order valence-corrected chi connectivity index (χ2v) is 4.67. The molecule has 0 saturated heterocycles. The van der Waals surface area contributed by atoms with E-state index >= 15 is 0 Å². The topological polar surface area (TPSA) is 74.2 Å². The molecular weight excluding hydrogens is 242 g/mol. The van der Waals surface area contributed by atoms with E-state index < -0.39 is 0 Å². The number of hydrogen-bond acceptors (Lipinski definition) is 5. The summed E-state index contributed by atoms with van der Waals surface area (Å²) < 4.78 is 10.9. The molecule has 1 aromatic carbocycles. The van der Waals surface area contributed by atoms with Crippen molar-refractivity contribution in [2.24, 2.45) is 5.73 Å². The lowest BCUT2D eigenvalue weighted by Crippen LogP contribution is -2.16. The van der Waals surface area contributed by atoms with E-state index in [1.807, 2.05) is 18.2 Å². The second-order valence-electron chi connectivity index (χ2n) is 4.67. The molecule has 2 heterocycles. The van der Waals surface area contributed by atoms with Crippen LogP contribution < -0.4 is 10.5 Å². The summed E-state index contributed by atoms with van der Waals surface area (Å²) in [5.74, 6) is 2.51. The number of nitrogens with zero attached hydrogens (tertiary/aromatic N) is 2. The van der Waals surface area contributed by atoms with Gasteiger partial charge in [-0.05, 0) is 25.5 Å². The number of para-hydroxylation sites is 1. The van der Waals surface area contributed by atoms with Crippen LogP contribution in [0.3, 0.4) is 0 Å². The van der Waals surface area contributed by atoms with Crippen molar-refractivity contribution in [1.82, 2.24) is 10.1 Å². The molecule has 0 amide bonds. The number of hydrogen-bond donors (Lipinski definition) is 1. The maximum absolute atomic E-state index is 5.64. The monoisotopic (exact) mass is 259 g/mol. The number of fused-ring (bicyclic) bond motifs is 1. The fourth-order valence-electron chi connectivity index (χ4n) is 2.37. The van der Waals surface area contributed by atoms with Crippen LogP contribution in [-0.4, -0.2) is 23.3 Å². The van der Waals surface area contributed by atoms with Gasteiger partial charge in [0, 0.05) is 12.0 Å². The lowest BCUT2D eigenvalue weighted by Gasteiger charge is -2.23. The van der Waals surface area contributed by atoms with E-state index in [4.69, 9.17) is 15.0 Å². The Morgan fingerprint density at radius 2 is 2.21 bits per heavy atom. The van der Waals surface area contributed by atoms with Crippen LogP contribution in [-0.2, 0) is 6.42 Å². The van der Waals surface area contributed by atoms with Gasteiger partial charge in [0.25, 0.3) is 0 Å². The molecule has 5 heteroatoms. The average molecular weight is 259 g/mol. The van der Waals surface area contributed by atoms with Crippen molar-refractivity contribution in [3.63, 3.8) is 0 Å². The minimum Gasteiger partial charge on any atom is -0.493 e. The molecule has 0 aliphatic carbocycles. The smallest absolute Gasteiger partial charge is 0.226 e. The summed E-state index contributed by atoms with van der Waals surface area (Å²) in [5.41, 5.74) is 6.62. The highest BCUT2D eigenvalue weighted by Gasteiger charge is 2.26. The zero-order valence-corrected chi connectivity index (χ0v) is 10.7. The SMILES string of the molecule is NCCCc1nc(C2CCOc3ccccc32)no1. The first kappa shape index (κ1) is 12.2. The summed E-state index contributed by atoms with van der Waals surface area (Å²) >= 11 is 0. The average Bonchev–Trinajstić information content (AvgIpc) is 2.93. The maximum atomic E-state index is 5.64. The number of nitrogens with two attached hydrogens (primary N) is 1. The molecule has 0 bridgehead atoms. The standard InChI is InChI=1S/C14H17N3O2/c15-8-3-6-13-16-14(17-19-13)11-7-9-18-12-5-2-1-4-10(11)12/h1-2,4-5,11H,3,6-9,15H2. The van der Waals surface area contributed by atoms with E-state index in [-0.39, 0.29) is 5.92 Å². The molecule has 3 rings (SSSR count). The molecule has 1 unspecified atom stereocenters. The zero-order chi connectivity index (χ0) is 13.1. The normalized spacial score (nSPS) is 17.8. The maximum Gasteiger partial charge on any atom is 0.226 e. The first-order chi connectivity index (χ1) is 9.38. The molecule has 19 heavy (non-hydrogen) atoms. The molecule has 2 aromatic rings. The van der Waals surface area contributed by atoms with E-state index in [9.17, 15) is 0 Å². The van der Waals surface area contributed by atoms with E-state index in [1.54, 1.807) is 0 Å². The molecule has 2 N–H and O–H groups in total. The van der Waals surface area contributed by atoms with Gasteiger partial charge in [0.2, 0.25) is 5.89 Å². The third-order valence-corrected chi connectivity index (χ3v) is 3.35. The van der Waals surface area contributed by atoms with Gasteiger partial charge in [-0.25, -0.2) is 0 Å². The fourth-order valence-corrected chi connectivity index (χ4v) is 2.37. The van der Waals surface area contributed by atoms with E-state index in [0.717, 1.165) is 36.4 Å². The molecule has 5 nitrogen and oxygen atoms in total. The van der Waals surface area contributed by atoms with Crippen LogP contribution in [0.25, 0.3) is 0 Å². The van der Waals surface area contributed by atoms with Crippen molar-refractivity contribution in [2.45, 2.75) is 25.2 Å². The van der Waals surface area contributed by atoms with E-state index in [1.165, 1.54) is 0 Å². The molecule has 0 fully saturated rings. The van der Waals surface area contributed by atoms with Gasteiger partial charge in [-0.1, -0.05) is 23.4 Å². The Kier molecular flexibility index (Phi) is 3.46. The summed E-state index contributed by atoms with van der Waals surface area (Å²) in [4.78, 5) is 4.48. The van der Waals surface area contributed by atoms with Gasteiger partial charge in [-0.15, -0.1) is 0 Å². The molecule has 0 spiro atoms. The van der Waals surface area contributed by atoms with Crippen molar-refractivity contribution in [2.75, 3.05) is 13.2 Å².